The van der Waals surface area contributed by atoms with Gasteiger partial charge in [0.05, 0.1) is 5.69 Å². The zero-order valence-electron chi connectivity index (χ0n) is 8.64. The van der Waals surface area contributed by atoms with Gasteiger partial charge in [-0.1, -0.05) is 6.42 Å². The zero-order valence-corrected chi connectivity index (χ0v) is 8.64. The van der Waals surface area contributed by atoms with Gasteiger partial charge in [0.1, 0.15) is 11.9 Å². The summed E-state index contributed by atoms with van der Waals surface area (Å²) in [5.41, 5.74) is 1.35. The maximum absolute atomic E-state index is 13.0. The van der Waals surface area contributed by atoms with Crippen molar-refractivity contribution in [2.24, 2.45) is 7.05 Å². The lowest BCUT2D eigenvalue weighted by atomic mass is 10.1. The molecule has 1 heterocycles. The quantitative estimate of drug-likeness (QED) is 0.719. The van der Waals surface area contributed by atoms with Crippen LogP contribution in [0.4, 0.5) is 4.39 Å². The monoisotopic (exact) mass is 216 g/mol. The molecule has 1 aromatic heterocycles. The first-order chi connectivity index (χ1) is 7.70. The number of benzene rings is 1. The Bertz CT molecular complexity index is 554. The van der Waals surface area contributed by atoms with Gasteiger partial charge in [0, 0.05) is 24.9 Å². The number of nitrogens with zero attached hydrogens (tertiary/aromatic N) is 2. The lowest BCUT2D eigenvalue weighted by Gasteiger charge is -2.04. The highest BCUT2D eigenvalue weighted by Gasteiger charge is 2.09. The first-order valence-electron chi connectivity index (χ1n) is 4.62. The second-order valence-electron chi connectivity index (χ2n) is 3.24. The molecule has 0 aliphatic carbocycles. The van der Waals surface area contributed by atoms with Crippen molar-refractivity contribution in [2.45, 2.75) is 0 Å². The second-order valence-corrected chi connectivity index (χ2v) is 3.24. The summed E-state index contributed by atoms with van der Waals surface area (Å²) in [5, 5.41) is 4.20. The minimum absolute atomic E-state index is 0.293. The molecule has 16 heavy (non-hydrogen) atoms. The van der Waals surface area contributed by atoms with Crippen molar-refractivity contribution in [1.29, 1.82) is 0 Å². The highest BCUT2D eigenvalue weighted by Crippen LogP contribution is 2.29. The molecule has 0 radical (unpaired) electrons. The summed E-state index contributed by atoms with van der Waals surface area (Å²) in [6.07, 6.45) is 8.86. The van der Waals surface area contributed by atoms with Gasteiger partial charge in [0.25, 0.3) is 0 Å². The maximum Gasteiger partial charge on any atom is 0.152 e. The summed E-state index contributed by atoms with van der Waals surface area (Å²) in [5.74, 6) is -0.105. The number of hydrogen-bond acceptors (Lipinski definition) is 2. The molecule has 2 aromatic rings. The third kappa shape index (κ3) is 1.89. The van der Waals surface area contributed by atoms with Crippen LogP contribution in [0.2, 0.25) is 0 Å². The Kier molecular flexibility index (Phi) is 2.61. The van der Waals surface area contributed by atoms with E-state index in [0.717, 1.165) is 0 Å². The predicted molar refractivity (Wildman–Crippen MR) is 58.1 cm³/mol. The van der Waals surface area contributed by atoms with E-state index >= 15 is 0 Å². The van der Waals surface area contributed by atoms with Crippen molar-refractivity contribution < 1.29 is 9.13 Å². The lowest BCUT2D eigenvalue weighted by molar-refractivity contribution is 0.513. The molecule has 0 saturated carbocycles. The van der Waals surface area contributed by atoms with E-state index in [-0.39, 0.29) is 0 Å². The molecule has 0 atom stereocenters. The van der Waals surface area contributed by atoms with Gasteiger partial charge < -0.3 is 4.74 Å². The van der Waals surface area contributed by atoms with Gasteiger partial charge in [-0.15, -0.1) is 0 Å². The SMILES string of the molecule is C#COc1cc(F)ccc1-c1ccn(C)n1. The van der Waals surface area contributed by atoms with Gasteiger partial charge in [-0.05, 0) is 18.2 Å². The molecule has 0 fully saturated rings. The van der Waals surface area contributed by atoms with E-state index in [4.69, 9.17) is 11.2 Å². The number of halogens is 1. The summed E-state index contributed by atoms with van der Waals surface area (Å²) >= 11 is 0. The molecule has 0 aliphatic rings. The predicted octanol–water partition coefficient (Wildman–Crippen LogP) is 2.20. The van der Waals surface area contributed by atoms with Crippen molar-refractivity contribution in [3.05, 3.63) is 36.3 Å². The molecule has 0 spiro atoms. The highest BCUT2D eigenvalue weighted by atomic mass is 19.1. The molecule has 0 aliphatic heterocycles. The maximum atomic E-state index is 13.0. The standard InChI is InChI=1S/C12H9FN2O/c1-3-16-12-8-9(13)4-5-10(12)11-6-7-15(2)14-11/h1,4-8H,2H3. The van der Waals surface area contributed by atoms with Crippen molar-refractivity contribution in [3.63, 3.8) is 0 Å². The fourth-order valence-electron chi connectivity index (χ4n) is 1.41. The van der Waals surface area contributed by atoms with Gasteiger partial charge >= 0.3 is 0 Å². The Morgan fingerprint density at radius 2 is 2.25 bits per heavy atom. The van der Waals surface area contributed by atoms with E-state index in [1.54, 1.807) is 30.1 Å². The van der Waals surface area contributed by atoms with Gasteiger partial charge in [0.15, 0.2) is 5.75 Å². The molecular formula is C12H9FN2O. The number of terminal acetylenes is 1. The number of aryl methyl sites for hydroxylation is 1. The van der Waals surface area contributed by atoms with Crippen LogP contribution >= 0.6 is 0 Å². The highest BCUT2D eigenvalue weighted by molar-refractivity contribution is 5.67. The Labute approximate surface area is 92.5 Å². The van der Waals surface area contributed by atoms with E-state index in [1.165, 1.54) is 12.1 Å². The zero-order chi connectivity index (χ0) is 11.5. The summed E-state index contributed by atoms with van der Waals surface area (Å²) < 4.78 is 19.6. The molecule has 0 N–H and O–H groups in total. The van der Waals surface area contributed by atoms with Crippen LogP contribution in [0.3, 0.4) is 0 Å². The molecule has 4 heteroatoms. The van der Waals surface area contributed by atoms with E-state index in [9.17, 15) is 4.39 Å². The van der Waals surface area contributed by atoms with Gasteiger partial charge in [-0.3, -0.25) is 4.68 Å². The van der Waals surface area contributed by atoms with Crippen molar-refractivity contribution in [2.75, 3.05) is 0 Å². The van der Waals surface area contributed by atoms with Crippen LogP contribution in [0.25, 0.3) is 11.3 Å². The minimum atomic E-state index is -0.398. The fourth-order valence-corrected chi connectivity index (χ4v) is 1.41. The Balaban J connectivity index is 2.52. The summed E-state index contributed by atoms with van der Waals surface area (Å²) in [6, 6.07) is 5.97. The van der Waals surface area contributed by atoms with Crippen LogP contribution in [0.1, 0.15) is 0 Å². The van der Waals surface area contributed by atoms with Gasteiger partial charge in [0.2, 0.25) is 0 Å². The first kappa shape index (κ1) is 10.2. The van der Waals surface area contributed by atoms with E-state index < -0.39 is 5.82 Å². The third-order valence-electron chi connectivity index (χ3n) is 2.10. The fraction of sp³-hybridized carbons (Fsp3) is 0.0833. The third-order valence-corrected chi connectivity index (χ3v) is 2.10. The Hall–Kier alpha value is -2.28. The van der Waals surface area contributed by atoms with Gasteiger partial charge in [-0.25, -0.2) is 4.39 Å². The van der Waals surface area contributed by atoms with Crippen LogP contribution in [0.15, 0.2) is 30.5 Å². The molecule has 0 unspecified atom stereocenters. The Morgan fingerprint density at radius 1 is 1.44 bits per heavy atom. The molecule has 0 bridgehead atoms. The molecule has 0 saturated heterocycles. The molecular weight excluding hydrogens is 207 g/mol. The number of rotatable bonds is 2. The summed E-state index contributed by atoms with van der Waals surface area (Å²) in [6.45, 7) is 0. The average Bonchev–Trinajstić information content (AvgIpc) is 2.65. The largest absolute Gasteiger partial charge is 0.407 e. The van der Waals surface area contributed by atoms with E-state index in [2.05, 4.69) is 5.10 Å². The number of aromatic nitrogens is 2. The van der Waals surface area contributed by atoms with Crippen molar-refractivity contribution in [1.82, 2.24) is 9.78 Å². The van der Waals surface area contributed by atoms with Crippen LogP contribution in [-0.2, 0) is 7.05 Å². The van der Waals surface area contributed by atoms with Crippen LogP contribution < -0.4 is 4.74 Å². The smallest absolute Gasteiger partial charge is 0.152 e. The molecule has 3 nitrogen and oxygen atoms in total. The minimum Gasteiger partial charge on any atom is -0.407 e. The average molecular weight is 216 g/mol. The molecule has 2 rings (SSSR count). The van der Waals surface area contributed by atoms with Gasteiger partial charge in [-0.2, -0.15) is 5.10 Å². The molecule has 1 aromatic carbocycles. The Morgan fingerprint density at radius 3 is 2.88 bits per heavy atom. The van der Waals surface area contributed by atoms with Crippen LogP contribution in [0, 0.1) is 18.3 Å². The lowest BCUT2D eigenvalue weighted by Crippen LogP contribution is -1.91. The van der Waals surface area contributed by atoms with E-state index in [1.807, 2.05) is 6.11 Å². The normalized spacial score (nSPS) is 9.81. The summed E-state index contributed by atoms with van der Waals surface area (Å²) in [4.78, 5) is 0. The second kappa shape index (κ2) is 4.07. The summed E-state index contributed by atoms with van der Waals surface area (Å²) in [7, 11) is 1.80. The van der Waals surface area contributed by atoms with Crippen LogP contribution in [-0.4, -0.2) is 9.78 Å². The van der Waals surface area contributed by atoms with Crippen LogP contribution in [0.5, 0.6) is 5.75 Å². The van der Waals surface area contributed by atoms with Crippen molar-refractivity contribution >= 4 is 0 Å². The molecule has 80 valence electrons. The first-order valence-corrected chi connectivity index (χ1v) is 4.62. The number of ether oxygens (including phenoxy) is 1. The van der Waals surface area contributed by atoms with Crippen molar-refractivity contribution in [3.8, 4) is 29.5 Å². The number of hydrogen-bond donors (Lipinski definition) is 0. The molecule has 0 amide bonds. The van der Waals surface area contributed by atoms with E-state index in [0.29, 0.717) is 17.0 Å². The topological polar surface area (TPSA) is 27.1 Å².